The minimum absolute atomic E-state index is 0.00445. The first kappa shape index (κ1) is 37.8. The van der Waals surface area contributed by atoms with E-state index in [4.69, 9.17) is 9.47 Å². The lowest BCUT2D eigenvalue weighted by Gasteiger charge is -2.33. The highest BCUT2D eigenvalue weighted by Gasteiger charge is 2.71. The van der Waals surface area contributed by atoms with Gasteiger partial charge in [0.05, 0.1) is 18.1 Å². The van der Waals surface area contributed by atoms with E-state index in [1.54, 1.807) is 68.4 Å². The van der Waals surface area contributed by atoms with Crippen molar-refractivity contribution in [3.63, 3.8) is 0 Å². The zero-order valence-electron chi connectivity index (χ0n) is 27.9. The standard InChI is InChI=1S/C37H41F6NO5/c1-5-11-26-21-29(35(47,36(38,39)40)37(41,42)43)22-27(20-25-12-7-6-8-13-25)32(26)48-19-10-9-18-44-31(45)23-34(4,33(44)46)28-14-16-30(17-15-28)49-24(2)3/h6-8,12-17,21-22,24,47H,5,9-11,18-20,23H2,1-4H3. The summed E-state index contributed by atoms with van der Waals surface area (Å²) in [5.41, 5.74) is -5.99. The average molecular weight is 694 g/mol. The van der Waals surface area contributed by atoms with E-state index in [2.05, 4.69) is 0 Å². The first-order valence-electron chi connectivity index (χ1n) is 16.2. The molecule has 1 saturated heterocycles. The molecule has 1 fully saturated rings. The smallest absolute Gasteiger partial charge is 0.430 e. The SMILES string of the molecule is CCCc1cc(C(O)(C(F)(F)F)C(F)(F)F)cc(Cc2ccccc2)c1OCCCCN1C(=O)CC(C)(c2ccc(OC(C)C)cc2)C1=O. The highest BCUT2D eigenvalue weighted by atomic mass is 19.4. The Morgan fingerprint density at radius 1 is 0.898 bits per heavy atom. The molecule has 4 rings (SSSR count). The van der Waals surface area contributed by atoms with Crippen molar-refractivity contribution in [3.05, 3.63) is 94.5 Å². The Morgan fingerprint density at radius 3 is 2.08 bits per heavy atom. The van der Waals surface area contributed by atoms with E-state index in [9.17, 15) is 41.0 Å². The van der Waals surface area contributed by atoms with Gasteiger partial charge in [-0.25, -0.2) is 0 Å². The van der Waals surface area contributed by atoms with Crippen LogP contribution in [0.4, 0.5) is 26.3 Å². The van der Waals surface area contributed by atoms with E-state index >= 15 is 0 Å². The molecule has 1 aliphatic heterocycles. The van der Waals surface area contributed by atoms with E-state index < -0.39 is 28.9 Å². The highest BCUT2D eigenvalue weighted by molar-refractivity contribution is 6.08. The zero-order chi connectivity index (χ0) is 36.2. The minimum atomic E-state index is -6.03. The summed E-state index contributed by atoms with van der Waals surface area (Å²) in [7, 11) is 0. The third-order valence-electron chi connectivity index (χ3n) is 8.65. The quantitative estimate of drug-likeness (QED) is 0.105. The Bertz CT molecular complexity index is 1590. The maximum absolute atomic E-state index is 13.9. The van der Waals surface area contributed by atoms with Crippen molar-refractivity contribution in [2.75, 3.05) is 13.2 Å². The third-order valence-corrected chi connectivity index (χ3v) is 8.65. The fraction of sp³-hybridized carbons (Fsp3) is 0.459. The summed E-state index contributed by atoms with van der Waals surface area (Å²) < 4.78 is 95.0. The number of aryl methyl sites for hydroxylation is 1. The molecule has 266 valence electrons. The second-order valence-electron chi connectivity index (χ2n) is 12.8. The van der Waals surface area contributed by atoms with Crippen LogP contribution < -0.4 is 9.47 Å². The monoisotopic (exact) mass is 693 g/mol. The summed E-state index contributed by atoms with van der Waals surface area (Å²) in [5, 5.41) is 10.2. The highest BCUT2D eigenvalue weighted by Crippen LogP contribution is 2.51. The first-order chi connectivity index (χ1) is 22.9. The van der Waals surface area contributed by atoms with Crippen molar-refractivity contribution in [1.82, 2.24) is 4.90 Å². The van der Waals surface area contributed by atoms with Gasteiger partial charge in [0.1, 0.15) is 11.5 Å². The van der Waals surface area contributed by atoms with Gasteiger partial charge < -0.3 is 14.6 Å². The second-order valence-corrected chi connectivity index (χ2v) is 12.8. The largest absolute Gasteiger partial charge is 0.493 e. The zero-order valence-corrected chi connectivity index (χ0v) is 27.9. The van der Waals surface area contributed by atoms with Crippen molar-refractivity contribution in [3.8, 4) is 11.5 Å². The lowest BCUT2D eigenvalue weighted by atomic mass is 9.81. The molecule has 6 nitrogen and oxygen atoms in total. The Balaban J connectivity index is 1.52. The van der Waals surface area contributed by atoms with Crippen molar-refractivity contribution >= 4 is 11.8 Å². The van der Waals surface area contributed by atoms with Gasteiger partial charge in [0.15, 0.2) is 0 Å². The number of likely N-dealkylation sites (tertiary alicyclic amines) is 1. The van der Waals surface area contributed by atoms with Gasteiger partial charge in [-0.2, -0.15) is 26.3 Å². The summed E-state index contributed by atoms with van der Waals surface area (Å²) >= 11 is 0. The predicted octanol–water partition coefficient (Wildman–Crippen LogP) is 8.21. The Kier molecular flexibility index (Phi) is 11.4. The molecular weight excluding hydrogens is 652 g/mol. The maximum Gasteiger partial charge on any atom is 0.430 e. The van der Waals surface area contributed by atoms with Gasteiger partial charge in [0.2, 0.25) is 11.8 Å². The molecule has 0 aliphatic carbocycles. The van der Waals surface area contributed by atoms with Gasteiger partial charge in [-0.15, -0.1) is 0 Å². The summed E-state index contributed by atoms with van der Waals surface area (Å²) in [6, 6.07) is 17.0. The van der Waals surface area contributed by atoms with Gasteiger partial charge in [-0.1, -0.05) is 55.8 Å². The van der Waals surface area contributed by atoms with Crippen LogP contribution in [0.1, 0.15) is 81.2 Å². The van der Waals surface area contributed by atoms with Crippen molar-refractivity contribution in [2.45, 2.75) is 95.7 Å². The number of nitrogens with zero attached hydrogens (tertiary/aromatic N) is 1. The average Bonchev–Trinajstić information content (AvgIpc) is 3.24. The number of carbonyl (C=O) groups excluding carboxylic acids is 2. The van der Waals surface area contributed by atoms with Crippen LogP contribution in [0.25, 0.3) is 0 Å². The van der Waals surface area contributed by atoms with Gasteiger partial charge in [0, 0.05) is 24.9 Å². The number of hydrogen-bond donors (Lipinski definition) is 1. The number of imide groups is 1. The van der Waals surface area contributed by atoms with E-state index in [-0.39, 0.29) is 67.2 Å². The normalized spacial score (nSPS) is 17.3. The van der Waals surface area contributed by atoms with E-state index in [1.807, 2.05) is 13.8 Å². The van der Waals surface area contributed by atoms with Crippen LogP contribution in [0.2, 0.25) is 0 Å². The van der Waals surface area contributed by atoms with Crippen LogP contribution in [0.5, 0.6) is 11.5 Å². The molecular formula is C37H41F6NO5. The minimum Gasteiger partial charge on any atom is -0.493 e. The number of unbranched alkanes of at least 4 members (excludes halogenated alkanes) is 1. The number of carbonyl (C=O) groups is 2. The molecule has 1 atom stereocenters. The molecule has 0 spiro atoms. The van der Waals surface area contributed by atoms with Crippen LogP contribution >= 0.6 is 0 Å². The Labute approximate surface area is 282 Å². The second kappa shape index (κ2) is 14.8. The molecule has 3 aromatic rings. The van der Waals surface area contributed by atoms with Crippen LogP contribution in [0.3, 0.4) is 0 Å². The number of rotatable bonds is 14. The summed E-state index contributed by atoms with van der Waals surface area (Å²) in [4.78, 5) is 27.6. The van der Waals surface area contributed by atoms with Crippen molar-refractivity contribution in [2.24, 2.45) is 0 Å². The van der Waals surface area contributed by atoms with E-state index in [1.165, 1.54) is 4.90 Å². The summed E-state index contributed by atoms with van der Waals surface area (Å²) in [6.07, 6.45) is -11.0. The number of hydrogen-bond acceptors (Lipinski definition) is 5. The van der Waals surface area contributed by atoms with Crippen LogP contribution in [-0.4, -0.2) is 53.4 Å². The van der Waals surface area contributed by atoms with Crippen molar-refractivity contribution in [1.29, 1.82) is 0 Å². The van der Waals surface area contributed by atoms with Gasteiger partial charge >= 0.3 is 12.4 Å². The number of aliphatic hydroxyl groups is 1. The fourth-order valence-electron chi connectivity index (χ4n) is 6.09. The first-order valence-corrected chi connectivity index (χ1v) is 16.2. The van der Waals surface area contributed by atoms with E-state index in [0.29, 0.717) is 42.2 Å². The van der Waals surface area contributed by atoms with Crippen LogP contribution in [0.15, 0.2) is 66.7 Å². The molecule has 0 bridgehead atoms. The molecule has 1 N–H and O–H groups in total. The number of amides is 2. The fourth-order valence-corrected chi connectivity index (χ4v) is 6.09. The molecule has 2 amide bonds. The number of alkyl halides is 6. The van der Waals surface area contributed by atoms with Gasteiger partial charge in [0.25, 0.3) is 5.60 Å². The van der Waals surface area contributed by atoms with Crippen LogP contribution in [0, 0.1) is 0 Å². The van der Waals surface area contributed by atoms with Gasteiger partial charge in [-0.05, 0) is 86.6 Å². The summed E-state index contributed by atoms with van der Waals surface area (Å²) in [6.45, 7) is 7.38. The molecule has 1 heterocycles. The van der Waals surface area contributed by atoms with E-state index in [0.717, 1.165) is 6.07 Å². The van der Waals surface area contributed by atoms with Crippen molar-refractivity contribution < 1.29 is 50.5 Å². The lowest BCUT2D eigenvalue weighted by molar-refractivity contribution is -0.376. The molecule has 3 aromatic carbocycles. The predicted molar refractivity (Wildman–Crippen MR) is 171 cm³/mol. The summed E-state index contributed by atoms with van der Waals surface area (Å²) in [5.74, 6) is 0.149. The van der Waals surface area contributed by atoms with Crippen LogP contribution in [-0.2, 0) is 33.4 Å². The third kappa shape index (κ3) is 8.06. The number of benzene rings is 3. The molecule has 12 heteroatoms. The Hall–Kier alpha value is -4.06. The molecule has 1 aliphatic rings. The van der Waals surface area contributed by atoms with Gasteiger partial charge in [-0.3, -0.25) is 14.5 Å². The maximum atomic E-state index is 13.9. The molecule has 0 radical (unpaired) electrons. The molecule has 1 unspecified atom stereocenters. The lowest BCUT2D eigenvalue weighted by Crippen LogP contribution is -2.54. The number of ether oxygens (including phenoxy) is 2. The Morgan fingerprint density at radius 2 is 1.51 bits per heavy atom. The molecule has 0 saturated carbocycles. The number of halogens is 6. The molecule has 0 aromatic heterocycles. The molecule has 49 heavy (non-hydrogen) atoms. The topological polar surface area (TPSA) is 76.1 Å².